The van der Waals surface area contributed by atoms with Crippen LogP contribution in [0.3, 0.4) is 0 Å². The second kappa shape index (κ2) is 9.26. The zero-order chi connectivity index (χ0) is 29.2. The minimum Gasteiger partial charge on any atom is -0.508 e. The molecule has 4 aromatic carbocycles. The summed E-state index contributed by atoms with van der Waals surface area (Å²) in [5.74, 6) is -6.26. The number of phenols is 7. The molecular formula is C30H22O11. The first kappa shape index (κ1) is 25.7. The van der Waals surface area contributed by atoms with Crippen LogP contribution in [0.4, 0.5) is 0 Å². The van der Waals surface area contributed by atoms with Crippen LogP contribution in [0, 0.1) is 0 Å². The SMILES string of the molecule is O=C1CC(c2ccc(O)c(O)c2)Oc2c1c(O)cc(O)c2[C@H]1C(=O)c2c(O)cc(O)cc2OC1c1ccc(O)cc1. The number of aromatic hydroxyl groups is 7. The molecule has 11 nitrogen and oxygen atoms in total. The predicted octanol–water partition coefficient (Wildman–Crippen LogP) is 4.43. The normalized spacial score (nSPS) is 19.6. The van der Waals surface area contributed by atoms with E-state index in [2.05, 4.69) is 0 Å². The lowest BCUT2D eigenvalue weighted by molar-refractivity contribution is 0.0738. The summed E-state index contributed by atoms with van der Waals surface area (Å²) in [6.45, 7) is 0. The van der Waals surface area contributed by atoms with Crippen molar-refractivity contribution < 1.29 is 54.8 Å². The number of carbonyl (C=O) groups excluding carboxylic acids is 2. The fourth-order valence-electron chi connectivity index (χ4n) is 5.35. The maximum absolute atomic E-state index is 14.1. The van der Waals surface area contributed by atoms with Gasteiger partial charge < -0.3 is 45.2 Å². The van der Waals surface area contributed by atoms with E-state index in [1.165, 1.54) is 42.5 Å². The van der Waals surface area contributed by atoms with Crippen LogP contribution >= 0.6 is 0 Å². The average molecular weight is 558 g/mol. The lowest BCUT2D eigenvalue weighted by Crippen LogP contribution is -2.32. The fraction of sp³-hybridized carbons (Fsp3) is 0.133. The van der Waals surface area contributed by atoms with E-state index in [0.717, 1.165) is 18.2 Å². The Morgan fingerprint density at radius 3 is 2.00 bits per heavy atom. The molecule has 0 bridgehead atoms. The van der Waals surface area contributed by atoms with Crippen LogP contribution in [0.15, 0.2) is 60.7 Å². The third-order valence-corrected chi connectivity index (χ3v) is 7.24. The van der Waals surface area contributed by atoms with Gasteiger partial charge in [-0.1, -0.05) is 18.2 Å². The molecule has 0 saturated carbocycles. The van der Waals surface area contributed by atoms with Crippen molar-refractivity contribution in [2.45, 2.75) is 24.5 Å². The number of carbonyl (C=O) groups is 2. The highest BCUT2D eigenvalue weighted by Crippen LogP contribution is 2.55. The molecule has 4 aromatic rings. The van der Waals surface area contributed by atoms with Crippen molar-refractivity contribution in [2.24, 2.45) is 0 Å². The van der Waals surface area contributed by atoms with Gasteiger partial charge in [0.2, 0.25) is 0 Å². The number of fused-ring (bicyclic) bond motifs is 2. The molecule has 0 spiro atoms. The quantitative estimate of drug-likeness (QED) is 0.176. The number of Topliss-reactive ketones (excluding diaryl/α,β-unsaturated/α-hetero) is 2. The zero-order valence-corrected chi connectivity index (χ0v) is 21.0. The number of phenolic OH excluding ortho intramolecular Hbond substituents is 7. The molecule has 3 atom stereocenters. The Balaban J connectivity index is 1.57. The number of ether oxygens (including phenoxy) is 2. The van der Waals surface area contributed by atoms with Crippen LogP contribution in [-0.4, -0.2) is 47.3 Å². The first-order chi connectivity index (χ1) is 19.5. The number of rotatable bonds is 3. The molecule has 41 heavy (non-hydrogen) atoms. The highest BCUT2D eigenvalue weighted by molar-refractivity contribution is 6.09. The third-order valence-electron chi connectivity index (χ3n) is 7.24. The number of hydrogen-bond donors (Lipinski definition) is 7. The lowest BCUT2D eigenvalue weighted by Gasteiger charge is -2.36. The molecule has 7 N–H and O–H groups in total. The molecule has 11 heteroatoms. The Labute approximate surface area is 231 Å². The fourth-order valence-corrected chi connectivity index (χ4v) is 5.35. The monoisotopic (exact) mass is 558 g/mol. The summed E-state index contributed by atoms with van der Waals surface area (Å²) in [5.41, 5.74) is -0.118. The molecule has 2 aliphatic rings. The Bertz CT molecular complexity index is 1740. The standard InChI is InChI=1S/C30H22O11/c31-14-4-1-12(2-5-14)29-27(28(39)25-18(35)8-15(32)9-23(25)41-29)26-20(37)10-19(36)24-21(38)11-22(40-30(24)26)13-3-6-16(33)17(34)7-13/h1-10,22,27,29,31-37H,11H2/t22?,27-,29?/m0/s1. The molecule has 208 valence electrons. The lowest BCUT2D eigenvalue weighted by atomic mass is 9.78. The zero-order valence-electron chi connectivity index (χ0n) is 21.0. The van der Waals surface area contributed by atoms with Gasteiger partial charge in [0.15, 0.2) is 23.1 Å². The molecule has 6 rings (SSSR count). The van der Waals surface area contributed by atoms with Gasteiger partial charge in [0.25, 0.3) is 0 Å². The Kier molecular flexibility index (Phi) is 5.80. The van der Waals surface area contributed by atoms with E-state index in [4.69, 9.17) is 9.47 Å². The van der Waals surface area contributed by atoms with Gasteiger partial charge >= 0.3 is 0 Å². The highest BCUT2D eigenvalue weighted by atomic mass is 16.5. The van der Waals surface area contributed by atoms with Gasteiger partial charge in [-0.05, 0) is 35.4 Å². The summed E-state index contributed by atoms with van der Waals surface area (Å²) in [5, 5.41) is 71.9. The van der Waals surface area contributed by atoms with Crippen molar-refractivity contribution in [3.05, 3.63) is 88.5 Å². The van der Waals surface area contributed by atoms with Gasteiger partial charge in [-0.25, -0.2) is 0 Å². The van der Waals surface area contributed by atoms with Gasteiger partial charge in [0.05, 0.1) is 17.9 Å². The van der Waals surface area contributed by atoms with Crippen LogP contribution in [0.25, 0.3) is 0 Å². The molecular weight excluding hydrogens is 536 g/mol. The second-order valence-corrected chi connectivity index (χ2v) is 9.82. The summed E-state index contributed by atoms with van der Waals surface area (Å²) in [4.78, 5) is 27.4. The highest BCUT2D eigenvalue weighted by Gasteiger charge is 2.46. The van der Waals surface area contributed by atoms with Crippen molar-refractivity contribution in [2.75, 3.05) is 0 Å². The summed E-state index contributed by atoms with van der Waals surface area (Å²) < 4.78 is 12.2. The minimum absolute atomic E-state index is 0.0677. The van der Waals surface area contributed by atoms with Crippen molar-refractivity contribution in [1.29, 1.82) is 0 Å². The summed E-state index contributed by atoms with van der Waals surface area (Å²) >= 11 is 0. The maximum Gasteiger partial charge on any atom is 0.182 e. The average Bonchev–Trinajstić information content (AvgIpc) is 2.90. The smallest absolute Gasteiger partial charge is 0.182 e. The van der Waals surface area contributed by atoms with Crippen LogP contribution < -0.4 is 9.47 Å². The van der Waals surface area contributed by atoms with Gasteiger partial charge in [-0.3, -0.25) is 9.59 Å². The van der Waals surface area contributed by atoms with Gasteiger partial charge in [-0.15, -0.1) is 0 Å². The Hall–Kier alpha value is -5.58. The minimum atomic E-state index is -1.45. The largest absolute Gasteiger partial charge is 0.508 e. The van der Waals surface area contributed by atoms with Crippen molar-refractivity contribution in [3.63, 3.8) is 0 Å². The third kappa shape index (κ3) is 4.15. The summed E-state index contributed by atoms with van der Waals surface area (Å²) in [7, 11) is 0. The maximum atomic E-state index is 14.1. The predicted molar refractivity (Wildman–Crippen MR) is 140 cm³/mol. The van der Waals surface area contributed by atoms with E-state index >= 15 is 0 Å². The van der Waals surface area contributed by atoms with Crippen LogP contribution in [0.2, 0.25) is 0 Å². The number of ketones is 2. The molecule has 2 unspecified atom stereocenters. The van der Waals surface area contributed by atoms with E-state index in [1.54, 1.807) is 0 Å². The molecule has 0 aliphatic carbocycles. The molecule has 2 heterocycles. The van der Waals surface area contributed by atoms with Crippen molar-refractivity contribution in [1.82, 2.24) is 0 Å². The first-order valence-corrected chi connectivity index (χ1v) is 12.4. The first-order valence-electron chi connectivity index (χ1n) is 12.4. The summed E-state index contributed by atoms with van der Waals surface area (Å²) in [6, 6.07) is 12.5. The second-order valence-electron chi connectivity index (χ2n) is 9.82. The van der Waals surface area contributed by atoms with Crippen LogP contribution in [-0.2, 0) is 0 Å². The van der Waals surface area contributed by atoms with Crippen LogP contribution in [0.5, 0.6) is 51.7 Å². The number of benzene rings is 4. The van der Waals surface area contributed by atoms with E-state index in [1.807, 2.05) is 0 Å². The van der Waals surface area contributed by atoms with E-state index in [0.29, 0.717) is 11.1 Å². The topological polar surface area (TPSA) is 194 Å². The number of hydrogen-bond acceptors (Lipinski definition) is 11. The molecule has 0 saturated heterocycles. The Morgan fingerprint density at radius 1 is 0.610 bits per heavy atom. The van der Waals surface area contributed by atoms with E-state index in [9.17, 15) is 45.3 Å². The van der Waals surface area contributed by atoms with E-state index in [-0.39, 0.29) is 46.1 Å². The molecule has 0 aromatic heterocycles. The van der Waals surface area contributed by atoms with E-state index < -0.39 is 58.4 Å². The van der Waals surface area contributed by atoms with Gasteiger partial charge in [0, 0.05) is 18.2 Å². The molecule has 2 aliphatic heterocycles. The van der Waals surface area contributed by atoms with Crippen LogP contribution in [0.1, 0.15) is 62.0 Å². The molecule has 0 fully saturated rings. The van der Waals surface area contributed by atoms with Crippen molar-refractivity contribution >= 4 is 11.6 Å². The van der Waals surface area contributed by atoms with Gasteiger partial charge in [0.1, 0.15) is 63.6 Å². The summed E-state index contributed by atoms with van der Waals surface area (Å²) in [6.07, 6.45) is -2.52. The molecule has 0 amide bonds. The Morgan fingerprint density at radius 2 is 1.29 bits per heavy atom. The molecule has 0 radical (unpaired) electrons. The van der Waals surface area contributed by atoms with Gasteiger partial charge in [-0.2, -0.15) is 0 Å². The van der Waals surface area contributed by atoms with Crippen molar-refractivity contribution in [3.8, 4) is 51.7 Å².